The van der Waals surface area contributed by atoms with Gasteiger partial charge in [-0.3, -0.25) is 14.7 Å². The van der Waals surface area contributed by atoms with E-state index in [2.05, 4.69) is 20.9 Å². The third-order valence-electron chi connectivity index (χ3n) is 4.41. The number of aliphatic imine (C=N–C) groups is 1. The van der Waals surface area contributed by atoms with Crippen molar-refractivity contribution >= 4 is 44.8 Å². The molecule has 5 nitrogen and oxygen atoms in total. The summed E-state index contributed by atoms with van der Waals surface area (Å²) in [5.41, 5.74) is 1.23. The zero-order valence-corrected chi connectivity index (χ0v) is 19.3. The maximum Gasteiger partial charge on any atom is 0.266 e. The molecule has 1 heterocycles. The molecule has 8 heteroatoms. The van der Waals surface area contributed by atoms with Crippen molar-refractivity contribution in [2.45, 2.75) is 20.5 Å². The minimum Gasteiger partial charge on any atom is -0.493 e. The first-order valence-electron chi connectivity index (χ1n) is 9.48. The molecule has 1 amide bonds. The Kier molecular flexibility index (Phi) is 7.55. The predicted octanol–water partition coefficient (Wildman–Crippen LogP) is 5.49. The fourth-order valence-corrected chi connectivity index (χ4v) is 4.42. The van der Waals surface area contributed by atoms with Crippen LogP contribution in [0.5, 0.6) is 11.5 Å². The van der Waals surface area contributed by atoms with E-state index in [1.54, 1.807) is 41.3 Å². The van der Waals surface area contributed by atoms with Gasteiger partial charge in [-0.1, -0.05) is 34.1 Å². The second-order valence-corrected chi connectivity index (χ2v) is 8.19. The number of rotatable bonds is 7. The third-order valence-corrected chi connectivity index (χ3v) is 6.14. The highest BCUT2D eigenvalue weighted by Gasteiger charge is 2.32. The average molecular weight is 493 g/mol. The normalized spacial score (nSPS) is 16.6. The Morgan fingerprint density at radius 2 is 2.00 bits per heavy atom. The molecule has 30 heavy (non-hydrogen) atoms. The van der Waals surface area contributed by atoms with Crippen molar-refractivity contribution in [3.8, 4) is 11.5 Å². The molecule has 0 atom stereocenters. The Hall–Kier alpha value is -2.32. The molecule has 0 aliphatic carbocycles. The summed E-state index contributed by atoms with van der Waals surface area (Å²) in [5, 5.41) is 0.712. The van der Waals surface area contributed by atoms with E-state index in [4.69, 9.17) is 9.47 Å². The van der Waals surface area contributed by atoms with Gasteiger partial charge in [-0.05, 0) is 55.4 Å². The zero-order valence-electron chi connectivity index (χ0n) is 16.9. The van der Waals surface area contributed by atoms with Crippen molar-refractivity contribution in [3.63, 3.8) is 0 Å². The van der Waals surface area contributed by atoms with Crippen molar-refractivity contribution in [2.24, 2.45) is 4.99 Å². The number of benzene rings is 2. The van der Waals surface area contributed by atoms with Gasteiger partial charge in [0.15, 0.2) is 16.7 Å². The molecule has 1 aliphatic heterocycles. The Morgan fingerprint density at radius 3 is 2.67 bits per heavy atom. The van der Waals surface area contributed by atoms with E-state index in [-0.39, 0.29) is 18.3 Å². The average Bonchev–Trinajstić information content (AvgIpc) is 3.03. The van der Waals surface area contributed by atoms with E-state index in [0.29, 0.717) is 40.2 Å². The maximum atomic E-state index is 13.9. The van der Waals surface area contributed by atoms with Crippen LogP contribution in [0.4, 0.5) is 4.39 Å². The first-order chi connectivity index (χ1) is 14.5. The van der Waals surface area contributed by atoms with Crippen LogP contribution in [0.3, 0.4) is 0 Å². The SMILES string of the molecule is CCN=C1S/C(=C/c2cc(OC)c(OCc3ccccc3F)cc2Br)C(=O)N1CC. The molecule has 2 aromatic rings. The quantitative estimate of drug-likeness (QED) is 0.479. The van der Waals surface area contributed by atoms with Gasteiger partial charge < -0.3 is 9.47 Å². The van der Waals surface area contributed by atoms with Gasteiger partial charge in [0.1, 0.15) is 12.4 Å². The minimum atomic E-state index is -0.321. The standard InChI is InChI=1S/C22H22BrFN2O3S/c1-4-25-22-26(5-2)21(27)20(30-22)11-15-10-18(28-3)19(12-16(15)23)29-13-14-8-6-7-9-17(14)24/h6-12H,4-5,13H2,1-3H3/b20-11+,25-22?. The molecule has 1 fully saturated rings. The molecule has 158 valence electrons. The Labute approximate surface area is 188 Å². The van der Waals surface area contributed by atoms with Crippen LogP contribution in [0.15, 0.2) is 50.8 Å². The second-order valence-electron chi connectivity index (χ2n) is 6.32. The Morgan fingerprint density at radius 1 is 1.23 bits per heavy atom. The summed E-state index contributed by atoms with van der Waals surface area (Å²) in [7, 11) is 1.54. The summed E-state index contributed by atoms with van der Waals surface area (Å²) in [6.45, 7) is 5.12. The van der Waals surface area contributed by atoms with Crippen LogP contribution in [0.25, 0.3) is 6.08 Å². The van der Waals surface area contributed by atoms with Crippen molar-refractivity contribution in [2.75, 3.05) is 20.2 Å². The van der Waals surface area contributed by atoms with Gasteiger partial charge in [-0.2, -0.15) is 0 Å². The number of ether oxygens (including phenoxy) is 2. The lowest BCUT2D eigenvalue weighted by Crippen LogP contribution is -2.28. The summed E-state index contributed by atoms with van der Waals surface area (Å²) in [6.07, 6.45) is 1.81. The number of hydrogen-bond acceptors (Lipinski definition) is 5. The minimum absolute atomic E-state index is 0.0690. The van der Waals surface area contributed by atoms with E-state index in [1.165, 1.54) is 24.9 Å². The fraction of sp³-hybridized carbons (Fsp3) is 0.273. The van der Waals surface area contributed by atoms with Crippen molar-refractivity contribution in [3.05, 3.63) is 62.7 Å². The largest absolute Gasteiger partial charge is 0.493 e. The number of carbonyl (C=O) groups excluding carboxylic acids is 1. The molecule has 0 bridgehead atoms. The molecule has 0 spiro atoms. The van der Waals surface area contributed by atoms with Crippen LogP contribution in [0.1, 0.15) is 25.0 Å². The van der Waals surface area contributed by atoms with Crippen LogP contribution in [-0.4, -0.2) is 36.2 Å². The number of methoxy groups -OCH3 is 1. The predicted molar refractivity (Wildman–Crippen MR) is 122 cm³/mol. The van der Waals surface area contributed by atoms with Gasteiger partial charge in [-0.15, -0.1) is 0 Å². The molecule has 2 aromatic carbocycles. The number of nitrogens with zero attached hydrogens (tertiary/aromatic N) is 2. The summed E-state index contributed by atoms with van der Waals surface area (Å²) < 4.78 is 25.8. The lowest BCUT2D eigenvalue weighted by atomic mass is 10.1. The van der Waals surface area contributed by atoms with Gasteiger partial charge in [-0.25, -0.2) is 4.39 Å². The Balaban J connectivity index is 1.87. The highest BCUT2D eigenvalue weighted by atomic mass is 79.9. The monoisotopic (exact) mass is 492 g/mol. The summed E-state index contributed by atoms with van der Waals surface area (Å²) in [6, 6.07) is 10.0. The molecule has 3 rings (SSSR count). The maximum absolute atomic E-state index is 13.9. The topological polar surface area (TPSA) is 51.1 Å². The summed E-state index contributed by atoms with van der Waals surface area (Å²) >= 11 is 4.90. The lowest BCUT2D eigenvalue weighted by Gasteiger charge is -2.13. The van der Waals surface area contributed by atoms with E-state index in [1.807, 2.05) is 13.8 Å². The van der Waals surface area contributed by atoms with Crippen LogP contribution in [-0.2, 0) is 11.4 Å². The molecule has 0 unspecified atom stereocenters. The molecule has 0 saturated carbocycles. The van der Waals surface area contributed by atoms with Gasteiger partial charge in [0.05, 0.1) is 12.0 Å². The molecule has 0 radical (unpaired) electrons. The van der Waals surface area contributed by atoms with Gasteiger partial charge in [0.25, 0.3) is 5.91 Å². The first kappa shape index (κ1) is 22.4. The van der Waals surface area contributed by atoms with E-state index >= 15 is 0 Å². The number of likely N-dealkylation sites (N-methyl/N-ethyl adjacent to an activating group) is 1. The Bertz CT molecular complexity index is 1010. The third kappa shape index (κ3) is 4.87. The van der Waals surface area contributed by atoms with Crippen molar-refractivity contribution < 1.29 is 18.7 Å². The molecule has 1 saturated heterocycles. The number of amides is 1. The molecular formula is C22H22BrFN2O3S. The summed E-state index contributed by atoms with van der Waals surface area (Å²) in [4.78, 5) is 19.4. The highest BCUT2D eigenvalue weighted by molar-refractivity contribution is 9.10. The van der Waals surface area contributed by atoms with Crippen molar-refractivity contribution in [1.82, 2.24) is 4.90 Å². The number of hydrogen-bond donors (Lipinski definition) is 0. The first-order valence-corrected chi connectivity index (χ1v) is 11.1. The number of carbonyl (C=O) groups is 1. The van der Waals surface area contributed by atoms with E-state index < -0.39 is 0 Å². The highest BCUT2D eigenvalue weighted by Crippen LogP contribution is 2.38. The summed E-state index contributed by atoms with van der Waals surface area (Å²) in [5.74, 6) is 0.578. The smallest absolute Gasteiger partial charge is 0.266 e. The fourth-order valence-electron chi connectivity index (χ4n) is 2.89. The van der Waals surface area contributed by atoms with E-state index in [9.17, 15) is 9.18 Å². The number of thioether (sulfide) groups is 1. The molecule has 1 aliphatic rings. The number of amidine groups is 1. The van der Waals surface area contributed by atoms with Crippen LogP contribution in [0, 0.1) is 5.82 Å². The van der Waals surface area contributed by atoms with Crippen molar-refractivity contribution in [1.29, 1.82) is 0 Å². The van der Waals surface area contributed by atoms with Gasteiger partial charge in [0.2, 0.25) is 0 Å². The molecular weight excluding hydrogens is 471 g/mol. The lowest BCUT2D eigenvalue weighted by molar-refractivity contribution is -0.122. The zero-order chi connectivity index (χ0) is 21.7. The van der Waals surface area contributed by atoms with Crippen LogP contribution >= 0.6 is 27.7 Å². The molecule has 0 aromatic heterocycles. The number of halogens is 2. The van der Waals surface area contributed by atoms with Crippen LogP contribution < -0.4 is 9.47 Å². The van der Waals surface area contributed by atoms with E-state index in [0.717, 1.165) is 10.0 Å². The van der Waals surface area contributed by atoms with Crippen LogP contribution in [0.2, 0.25) is 0 Å². The van der Waals surface area contributed by atoms with Gasteiger partial charge in [0, 0.05) is 23.1 Å². The van der Waals surface area contributed by atoms with Gasteiger partial charge >= 0.3 is 0 Å². The second kappa shape index (κ2) is 10.1. The molecule has 0 N–H and O–H groups in total.